The number of alkyl carbamates (subject to hydrolysis) is 1. The number of nitroso groups, excluding NO2 is 1. The number of ether oxygens (including phenoxy) is 1. The van der Waals surface area contributed by atoms with Crippen molar-refractivity contribution in [2.45, 2.75) is 114 Å². The fourth-order valence-corrected chi connectivity index (χ4v) is 9.12. The van der Waals surface area contributed by atoms with Crippen molar-refractivity contribution in [3.63, 3.8) is 0 Å². The van der Waals surface area contributed by atoms with Gasteiger partial charge in [0.2, 0.25) is 10.0 Å². The first kappa shape index (κ1) is 40.4. The molecular weight excluding hydrogens is 763 g/mol. The number of halogens is 2. The number of ketones is 1. The number of nitrogens with one attached hydrogen (secondary N) is 2. The van der Waals surface area contributed by atoms with Gasteiger partial charge in [-0.25, -0.2) is 17.6 Å². The molecule has 0 bridgehead atoms. The van der Waals surface area contributed by atoms with Gasteiger partial charge in [0, 0.05) is 70.0 Å². The molecule has 2 aliphatic carbocycles. The van der Waals surface area contributed by atoms with E-state index >= 15 is 4.39 Å². The number of hydrogen-bond acceptors (Lipinski definition) is 12. The van der Waals surface area contributed by atoms with Crippen LogP contribution in [0.4, 0.5) is 14.0 Å². The van der Waals surface area contributed by atoms with E-state index in [0.29, 0.717) is 56.3 Å². The number of aliphatic imine (C=N–C) groups is 1. The van der Waals surface area contributed by atoms with Gasteiger partial charge >= 0.3 is 6.09 Å². The zero-order chi connectivity index (χ0) is 40.0. The van der Waals surface area contributed by atoms with E-state index < -0.39 is 80.4 Å². The van der Waals surface area contributed by atoms with Crippen LogP contribution in [0.2, 0.25) is 0 Å². The molecule has 1 aromatic rings. The molecule has 0 spiro atoms. The minimum Gasteiger partial charge on any atom is -0.530 e. The molecule has 3 heterocycles. The Hall–Kier alpha value is -4.29. The van der Waals surface area contributed by atoms with E-state index in [1.54, 1.807) is 27.0 Å². The topological polar surface area (TPSA) is 215 Å². The van der Waals surface area contributed by atoms with E-state index in [4.69, 9.17) is 21.3 Å². The molecule has 1 saturated carbocycles. The fraction of sp³-hybridized carbons (Fsp3) is 0.611. The molecule has 0 radical (unpaired) electrons. The third-order valence-corrected chi connectivity index (χ3v) is 12.7. The van der Waals surface area contributed by atoms with Gasteiger partial charge in [-0.2, -0.15) is 0 Å². The summed E-state index contributed by atoms with van der Waals surface area (Å²) in [6.07, 6.45) is 0.843. The summed E-state index contributed by atoms with van der Waals surface area (Å²) in [4.78, 5) is 85.6. The monoisotopic (exact) mass is 806 g/mol. The van der Waals surface area contributed by atoms with Crippen molar-refractivity contribution < 1.29 is 51.4 Å². The molecule has 298 valence electrons. The number of fused-ring (bicyclic) bond motifs is 2. The van der Waals surface area contributed by atoms with E-state index in [1.807, 2.05) is 9.62 Å². The van der Waals surface area contributed by atoms with Gasteiger partial charge in [-0.1, -0.05) is 12.1 Å². The van der Waals surface area contributed by atoms with Gasteiger partial charge in [0.15, 0.2) is 12.3 Å². The summed E-state index contributed by atoms with van der Waals surface area (Å²) in [5, 5.41) is 13.9. The molecule has 5 atom stereocenters. The minimum absolute atomic E-state index is 0.00285. The highest BCUT2D eigenvalue weighted by atomic mass is 35.5. The number of carbonyl (C=O) groups is 5. The Balaban J connectivity index is 1.37. The average molecular weight is 807 g/mol. The molecule has 0 aromatic heterocycles. The number of benzene rings is 1. The van der Waals surface area contributed by atoms with Crippen LogP contribution < -0.4 is 15.1 Å². The van der Waals surface area contributed by atoms with E-state index in [0.717, 1.165) is 11.3 Å². The molecule has 1 aromatic carbocycles. The Bertz CT molecular complexity index is 1980. The molecule has 5 aliphatic rings. The lowest BCUT2D eigenvalue weighted by atomic mass is 9.92. The number of nitrogens with zero attached hydrogens (tertiary/aromatic N) is 4. The van der Waals surface area contributed by atoms with Gasteiger partial charge in [-0.15, -0.1) is 11.6 Å². The largest absolute Gasteiger partial charge is 0.530 e. The van der Waals surface area contributed by atoms with Crippen LogP contribution in [0.15, 0.2) is 28.4 Å². The van der Waals surface area contributed by atoms with Crippen LogP contribution in [0, 0.1) is 16.6 Å². The Labute approximate surface area is 322 Å². The van der Waals surface area contributed by atoms with Crippen LogP contribution in [-0.2, 0) is 24.3 Å². The number of rotatable bonds is 7. The number of sulfonamides is 1. The number of alkyl halides is 1. The number of Topliss-reactive ketones (excluding diaryl/α,β-unsaturated/α-hetero) is 1. The van der Waals surface area contributed by atoms with Crippen molar-refractivity contribution in [2.24, 2.45) is 10.9 Å². The molecule has 2 N–H and O–H groups in total. The van der Waals surface area contributed by atoms with Crippen LogP contribution >= 0.6 is 11.6 Å². The first-order valence-electron chi connectivity index (χ1n) is 18.3. The summed E-state index contributed by atoms with van der Waals surface area (Å²) in [6.45, 7) is 5.11. The summed E-state index contributed by atoms with van der Waals surface area (Å²) in [6, 6.07) is -0.745. The maximum atomic E-state index is 16.9. The zero-order valence-electron chi connectivity index (χ0n) is 30.7. The van der Waals surface area contributed by atoms with Gasteiger partial charge in [0.25, 0.3) is 18.0 Å². The molecule has 2 fully saturated rings. The van der Waals surface area contributed by atoms with Crippen LogP contribution in [0.25, 0.3) is 0 Å². The Morgan fingerprint density at radius 2 is 1.82 bits per heavy atom. The summed E-state index contributed by atoms with van der Waals surface area (Å²) in [5.74, 6) is -5.16. The number of imide groups is 1. The predicted molar refractivity (Wildman–Crippen MR) is 193 cm³/mol. The van der Waals surface area contributed by atoms with E-state index in [9.17, 15) is 42.4 Å². The smallest absolute Gasteiger partial charge is 0.412 e. The fourth-order valence-electron chi connectivity index (χ4n) is 7.59. The van der Waals surface area contributed by atoms with E-state index in [2.05, 4.69) is 5.32 Å². The third-order valence-electron chi connectivity index (χ3n) is 10.6. The minimum atomic E-state index is -4.16. The number of carbonyl (C=O) groups excluding carboxylic acids is 5. The van der Waals surface area contributed by atoms with E-state index in [-0.39, 0.29) is 53.1 Å². The molecular formula is C36H44ClFN6O10S. The van der Waals surface area contributed by atoms with Crippen molar-refractivity contribution in [1.82, 2.24) is 19.8 Å². The molecule has 3 aliphatic heterocycles. The molecule has 1 saturated heterocycles. The van der Waals surface area contributed by atoms with Gasteiger partial charge in [-0.3, -0.25) is 39.2 Å². The lowest BCUT2D eigenvalue weighted by Crippen LogP contribution is -2.49. The Kier molecular flexibility index (Phi) is 11.5. The third kappa shape index (κ3) is 8.91. The molecule has 6 rings (SSSR count). The van der Waals surface area contributed by atoms with Gasteiger partial charge in [0.1, 0.15) is 23.6 Å². The second-order valence-electron chi connectivity index (χ2n) is 15.6. The quantitative estimate of drug-likeness (QED) is 0.302. The van der Waals surface area contributed by atoms with Crippen molar-refractivity contribution >= 4 is 57.6 Å². The lowest BCUT2D eigenvalue weighted by Gasteiger charge is -2.32. The molecule has 1 unspecified atom stereocenters. The number of carboxylic acid groups (broad SMARTS) is 1. The molecule has 55 heavy (non-hydrogen) atoms. The lowest BCUT2D eigenvalue weighted by molar-refractivity contribution is -0.593. The van der Waals surface area contributed by atoms with Crippen molar-refractivity contribution in [2.75, 3.05) is 19.0 Å². The van der Waals surface area contributed by atoms with Gasteiger partial charge < -0.3 is 14.6 Å². The summed E-state index contributed by atoms with van der Waals surface area (Å²) < 4.78 is 49.9. The second-order valence-corrected chi connectivity index (χ2v) is 17.8. The summed E-state index contributed by atoms with van der Waals surface area (Å²) in [5.41, 5.74) is -0.162. The zero-order valence-corrected chi connectivity index (χ0v) is 32.3. The van der Waals surface area contributed by atoms with Crippen LogP contribution in [0.1, 0.15) is 112 Å². The highest BCUT2D eigenvalue weighted by Gasteiger charge is 2.48. The van der Waals surface area contributed by atoms with Gasteiger partial charge in [0.05, 0.1) is 16.7 Å². The first-order valence-corrected chi connectivity index (χ1v) is 20.4. The van der Waals surface area contributed by atoms with E-state index in [1.165, 1.54) is 12.1 Å². The number of hydrogen-bond donors (Lipinski definition) is 2. The SMILES string of the molecule is CC(C)(C)OC(=O)N[C@@H]1CC(C(=O)CCl)CCC2=C(C2)/N=C\[C@@H]2CCCN2[C@@H](c2ccc3c(c2F)C(=O)N(C(=O)[O-])[C@H]3C(=O)NS(=O)(=O)C2CC2)CC[N+]1=O. The molecule has 16 nitrogen and oxygen atoms in total. The molecule has 4 amide bonds. The summed E-state index contributed by atoms with van der Waals surface area (Å²) in [7, 11) is -4.16. The number of allylic oxidation sites excluding steroid dienone is 2. The maximum Gasteiger partial charge on any atom is 0.412 e. The van der Waals surface area contributed by atoms with Crippen molar-refractivity contribution in [3.8, 4) is 0 Å². The van der Waals surface area contributed by atoms with Gasteiger partial charge in [-0.05, 0) is 71.4 Å². The average Bonchev–Trinajstić information content (AvgIpc) is 4.02. The maximum absolute atomic E-state index is 16.9. The standard InChI is InChI=1S/C36H44ClFN6O10S/c1-36(2,3)54-34(48)40-28-16-20(27(45)17-37)7-6-19-15-25(19)39-18-21-5-4-13-42(21)26(12-14-43(28)51)23-10-11-24-29(30(23)38)33(47)44(35(49)50)31(24)32(46)41-55(52,53)22-8-9-22/h10-11,18,20-22,26,28,31H,4-9,12-17H2,1-3H3,(H2-,40,41,46,48,49,50)/b39-18-/t20?,21-,26+,28-,31+/m0/s1. The highest BCUT2D eigenvalue weighted by molar-refractivity contribution is 7.90. The van der Waals surface area contributed by atoms with Crippen LogP contribution in [0.5, 0.6) is 0 Å². The van der Waals surface area contributed by atoms with Crippen molar-refractivity contribution in [3.05, 3.63) is 50.8 Å². The van der Waals surface area contributed by atoms with Crippen LogP contribution in [-0.4, -0.2) is 101 Å². The highest BCUT2D eigenvalue weighted by Crippen LogP contribution is 2.42. The Morgan fingerprint density at radius 1 is 1.11 bits per heavy atom. The normalized spacial score (nSPS) is 26.9. The predicted octanol–water partition coefficient (Wildman–Crippen LogP) is 3.14. The first-order chi connectivity index (χ1) is 25.9. The molecule has 19 heteroatoms. The second kappa shape index (κ2) is 15.7. The number of amides is 4. The van der Waals surface area contributed by atoms with Crippen LogP contribution in [0.3, 0.4) is 0 Å². The summed E-state index contributed by atoms with van der Waals surface area (Å²) >= 11 is 5.96. The Morgan fingerprint density at radius 3 is 2.47 bits per heavy atom. The van der Waals surface area contributed by atoms with Crippen molar-refractivity contribution in [1.29, 1.82) is 0 Å².